The minimum absolute atomic E-state index is 0.371. The van der Waals surface area contributed by atoms with Crippen LogP contribution < -0.4 is 14.5 Å². The van der Waals surface area contributed by atoms with Crippen molar-refractivity contribution in [2.75, 3.05) is 36.5 Å². The lowest BCUT2D eigenvalue weighted by Gasteiger charge is -2.42. The Bertz CT molecular complexity index is 863. The molecule has 0 amide bonds. The number of aromatic nitrogens is 3. The van der Waals surface area contributed by atoms with Gasteiger partial charge in [0, 0.05) is 50.8 Å². The van der Waals surface area contributed by atoms with Crippen LogP contribution in [0.15, 0.2) is 61.3 Å². The Kier molecular flexibility index (Phi) is 4.96. The predicted molar refractivity (Wildman–Crippen MR) is 108 cm³/mol. The summed E-state index contributed by atoms with van der Waals surface area (Å²) in [6.45, 7) is 5.88. The number of rotatable bonds is 5. The molecule has 1 aliphatic heterocycles. The van der Waals surface area contributed by atoms with Gasteiger partial charge in [-0.05, 0) is 30.7 Å². The lowest BCUT2D eigenvalue weighted by atomic mass is 10.1. The van der Waals surface area contributed by atoms with E-state index in [9.17, 15) is 0 Å². The molecule has 0 bridgehead atoms. The van der Waals surface area contributed by atoms with Gasteiger partial charge < -0.3 is 19.1 Å². The van der Waals surface area contributed by atoms with Gasteiger partial charge in [-0.25, -0.2) is 9.97 Å². The number of anilines is 2. The Morgan fingerprint density at radius 2 is 2.04 bits per heavy atom. The van der Waals surface area contributed by atoms with Crippen molar-refractivity contribution in [1.29, 1.82) is 0 Å². The van der Waals surface area contributed by atoms with Crippen LogP contribution in [0.2, 0.25) is 0 Å². The second-order valence-corrected chi connectivity index (χ2v) is 6.92. The molecule has 4 rings (SSSR count). The number of pyridine rings is 1. The number of hydrogen-bond acceptors (Lipinski definition) is 5. The zero-order valence-electron chi connectivity index (χ0n) is 15.8. The molecular weight excluding hydrogens is 338 g/mol. The monoisotopic (exact) mass is 363 g/mol. The maximum atomic E-state index is 5.53. The zero-order valence-corrected chi connectivity index (χ0v) is 15.8. The summed E-state index contributed by atoms with van der Waals surface area (Å²) >= 11 is 0. The molecule has 3 aromatic rings. The third-order valence-electron chi connectivity index (χ3n) is 5.08. The average molecular weight is 363 g/mol. The molecule has 0 aliphatic carbocycles. The van der Waals surface area contributed by atoms with Gasteiger partial charge in [-0.2, -0.15) is 0 Å². The molecule has 1 fully saturated rings. The van der Waals surface area contributed by atoms with E-state index in [-0.39, 0.29) is 0 Å². The molecule has 27 heavy (non-hydrogen) atoms. The number of nitrogens with zero attached hydrogens (tertiary/aromatic N) is 5. The van der Waals surface area contributed by atoms with Gasteiger partial charge in [-0.15, -0.1) is 0 Å². The molecule has 1 aromatic carbocycles. The lowest BCUT2D eigenvalue weighted by molar-refractivity contribution is 0.412. The fourth-order valence-electron chi connectivity index (χ4n) is 3.68. The first-order chi connectivity index (χ1) is 13.2. The Balaban J connectivity index is 1.44. The van der Waals surface area contributed by atoms with E-state index in [2.05, 4.69) is 46.0 Å². The van der Waals surface area contributed by atoms with Gasteiger partial charge in [-0.1, -0.05) is 18.2 Å². The number of imidazole rings is 1. The number of benzene rings is 1. The Hall–Kier alpha value is -3.02. The highest BCUT2D eigenvalue weighted by molar-refractivity contribution is 5.60. The number of piperazine rings is 1. The Labute approximate surface area is 160 Å². The second-order valence-electron chi connectivity index (χ2n) is 6.92. The number of hydrogen-bond donors (Lipinski definition) is 0. The molecule has 6 heteroatoms. The van der Waals surface area contributed by atoms with Gasteiger partial charge in [0.1, 0.15) is 11.6 Å². The topological polar surface area (TPSA) is 46.4 Å². The van der Waals surface area contributed by atoms with E-state index in [0.29, 0.717) is 6.04 Å². The van der Waals surface area contributed by atoms with Crippen LogP contribution in [0.1, 0.15) is 12.5 Å². The van der Waals surface area contributed by atoms with Gasteiger partial charge >= 0.3 is 0 Å². The van der Waals surface area contributed by atoms with E-state index < -0.39 is 0 Å². The van der Waals surface area contributed by atoms with Crippen molar-refractivity contribution in [3.63, 3.8) is 0 Å². The van der Waals surface area contributed by atoms with Crippen molar-refractivity contribution in [1.82, 2.24) is 14.5 Å². The van der Waals surface area contributed by atoms with E-state index in [0.717, 1.165) is 43.4 Å². The van der Waals surface area contributed by atoms with Crippen LogP contribution in [-0.4, -0.2) is 47.3 Å². The highest BCUT2D eigenvalue weighted by atomic mass is 16.5. The van der Waals surface area contributed by atoms with Gasteiger partial charge in [0.2, 0.25) is 0 Å². The quantitative estimate of drug-likeness (QED) is 0.697. The standard InChI is InChI=1S/C21H25N5O/c1-17-14-25(19-5-3-4-6-20(19)27-2)11-12-26(17)21-8-7-18(13-23-21)15-24-10-9-22-16-24/h3-10,13,16-17H,11-12,14-15H2,1-2H3/t17-/m1/s1. The highest BCUT2D eigenvalue weighted by Gasteiger charge is 2.26. The van der Waals surface area contributed by atoms with Crippen molar-refractivity contribution in [3.8, 4) is 5.75 Å². The van der Waals surface area contributed by atoms with Crippen LogP contribution in [0.4, 0.5) is 11.5 Å². The largest absolute Gasteiger partial charge is 0.495 e. The normalized spacial score (nSPS) is 17.2. The minimum Gasteiger partial charge on any atom is -0.495 e. The smallest absolute Gasteiger partial charge is 0.142 e. The zero-order chi connectivity index (χ0) is 18.6. The summed E-state index contributed by atoms with van der Waals surface area (Å²) in [5, 5.41) is 0. The summed E-state index contributed by atoms with van der Waals surface area (Å²) < 4.78 is 7.57. The molecule has 0 radical (unpaired) electrons. The fraction of sp³-hybridized carbons (Fsp3) is 0.333. The number of para-hydroxylation sites is 2. The number of ether oxygens (including phenoxy) is 1. The van der Waals surface area contributed by atoms with Gasteiger partial charge in [-0.3, -0.25) is 0 Å². The van der Waals surface area contributed by atoms with E-state index in [4.69, 9.17) is 9.72 Å². The van der Waals surface area contributed by atoms with Crippen LogP contribution >= 0.6 is 0 Å². The first-order valence-electron chi connectivity index (χ1n) is 9.30. The van der Waals surface area contributed by atoms with Crippen LogP contribution in [0, 0.1) is 0 Å². The molecule has 1 aliphatic rings. The van der Waals surface area contributed by atoms with Crippen LogP contribution in [0.5, 0.6) is 5.75 Å². The summed E-state index contributed by atoms with van der Waals surface area (Å²) in [6.07, 6.45) is 7.56. The lowest BCUT2D eigenvalue weighted by Crippen LogP contribution is -2.52. The van der Waals surface area contributed by atoms with Gasteiger partial charge in [0.25, 0.3) is 0 Å². The summed E-state index contributed by atoms with van der Waals surface area (Å²) in [4.78, 5) is 13.6. The predicted octanol–water partition coefficient (Wildman–Crippen LogP) is 3.05. The summed E-state index contributed by atoms with van der Waals surface area (Å²) in [6, 6.07) is 12.9. The first-order valence-corrected chi connectivity index (χ1v) is 9.30. The van der Waals surface area contributed by atoms with Crippen molar-refractivity contribution in [3.05, 3.63) is 66.9 Å². The third kappa shape index (κ3) is 3.74. The average Bonchev–Trinajstić information content (AvgIpc) is 3.22. The number of methoxy groups -OCH3 is 1. The maximum absolute atomic E-state index is 5.53. The van der Waals surface area contributed by atoms with Crippen molar-refractivity contribution in [2.45, 2.75) is 19.5 Å². The molecule has 1 saturated heterocycles. The molecule has 0 unspecified atom stereocenters. The van der Waals surface area contributed by atoms with Crippen molar-refractivity contribution < 1.29 is 4.74 Å². The molecule has 6 nitrogen and oxygen atoms in total. The van der Waals surface area contributed by atoms with Crippen LogP contribution in [-0.2, 0) is 6.54 Å². The SMILES string of the molecule is COc1ccccc1N1CCN(c2ccc(Cn3ccnc3)cn2)[C@H](C)C1. The molecule has 0 spiro atoms. The Morgan fingerprint density at radius 1 is 1.15 bits per heavy atom. The summed E-state index contributed by atoms with van der Waals surface area (Å²) in [5.74, 6) is 1.97. The first kappa shape index (κ1) is 17.4. The highest BCUT2D eigenvalue weighted by Crippen LogP contribution is 2.30. The summed E-state index contributed by atoms with van der Waals surface area (Å²) in [7, 11) is 1.73. The molecular formula is C21H25N5O. The van der Waals surface area contributed by atoms with Crippen molar-refractivity contribution in [2.24, 2.45) is 0 Å². The third-order valence-corrected chi connectivity index (χ3v) is 5.08. The van der Waals surface area contributed by atoms with Gasteiger partial charge in [0.15, 0.2) is 0 Å². The van der Waals surface area contributed by atoms with E-state index in [1.165, 1.54) is 5.56 Å². The molecule has 1 atom stereocenters. The van der Waals surface area contributed by atoms with Gasteiger partial charge in [0.05, 0.1) is 19.1 Å². The second kappa shape index (κ2) is 7.70. The minimum atomic E-state index is 0.371. The van der Waals surface area contributed by atoms with Crippen LogP contribution in [0.3, 0.4) is 0 Å². The fourth-order valence-corrected chi connectivity index (χ4v) is 3.68. The molecule has 2 aromatic heterocycles. The molecule has 0 N–H and O–H groups in total. The van der Waals surface area contributed by atoms with E-state index in [1.54, 1.807) is 13.3 Å². The Morgan fingerprint density at radius 3 is 2.74 bits per heavy atom. The van der Waals surface area contributed by atoms with E-state index >= 15 is 0 Å². The molecule has 0 saturated carbocycles. The van der Waals surface area contributed by atoms with Crippen LogP contribution in [0.25, 0.3) is 0 Å². The summed E-state index contributed by atoms with van der Waals surface area (Å²) in [5.41, 5.74) is 2.34. The van der Waals surface area contributed by atoms with E-state index in [1.807, 2.05) is 35.4 Å². The molecule has 3 heterocycles. The van der Waals surface area contributed by atoms with Crippen molar-refractivity contribution >= 4 is 11.5 Å². The molecule has 140 valence electrons. The maximum Gasteiger partial charge on any atom is 0.142 e.